The van der Waals surface area contributed by atoms with Crippen molar-refractivity contribution in [3.63, 3.8) is 0 Å². The third kappa shape index (κ3) is 7.79. The smallest absolute Gasteiger partial charge is 0.294 e. The molecule has 4 rings (SSSR count). The summed E-state index contributed by atoms with van der Waals surface area (Å²) in [5, 5.41) is 5.07. The van der Waals surface area contributed by atoms with E-state index in [0.29, 0.717) is 29.4 Å². The third-order valence-corrected chi connectivity index (χ3v) is 7.20. The Labute approximate surface area is 249 Å². The number of aryl methyl sites for hydroxylation is 1. The maximum atomic E-state index is 13.0. The third-order valence-electron chi connectivity index (χ3n) is 6.29. The molecule has 0 atom stereocenters. The highest BCUT2D eigenvalue weighted by Gasteiger charge is 2.36. The van der Waals surface area contributed by atoms with Crippen molar-refractivity contribution >= 4 is 52.2 Å². The second-order valence-corrected chi connectivity index (χ2v) is 10.9. The number of nitrogens with zero attached hydrogens (tertiary/aromatic N) is 1. The molecule has 1 fully saturated rings. The summed E-state index contributed by atoms with van der Waals surface area (Å²) in [6, 6.07) is 19.8. The fourth-order valence-electron chi connectivity index (χ4n) is 4.21. The molecule has 1 heterocycles. The van der Waals surface area contributed by atoms with Gasteiger partial charge in [0.15, 0.2) is 18.1 Å². The number of rotatable bonds is 11. The molecule has 2 N–H and O–H groups in total. The zero-order valence-corrected chi connectivity index (χ0v) is 24.7. The van der Waals surface area contributed by atoms with Gasteiger partial charge < -0.3 is 20.1 Å². The van der Waals surface area contributed by atoms with E-state index in [1.54, 1.807) is 36.4 Å². The van der Waals surface area contributed by atoms with Crippen molar-refractivity contribution in [2.24, 2.45) is 0 Å². The van der Waals surface area contributed by atoms with Crippen molar-refractivity contribution in [1.82, 2.24) is 4.90 Å². The number of amides is 4. The molecule has 0 spiro atoms. The molecule has 42 heavy (non-hydrogen) atoms. The number of thioether (sulfide) groups is 1. The summed E-state index contributed by atoms with van der Waals surface area (Å²) in [6.07, 6.45) is 1.56. The molecule has 0 aliphatic carbocycles. The number of hydrogen-bond donors (Lipinski definition) is 2. The Bertz CT molecular complexity index is 1520. The number of anilines is 2. The molecule has 3 aromatic carbocycles. The SMILES string of the molecule is CCOc1cc(/C=C2/SC(=O)N(CC(=O)Nc3ccc(C)cc3)C2=O)ccc1OCC(=O)Nc1ccccc1C(C)C. The summed E-state index contributed by atoms with van der Waals surface area (Å²) in [6.45, 7) is 7.59. The zero-order valence-electron chi connectivity index (χ0n) is 23.9. The largest absolute Gasteiger partial charge is 0.490 e. The van der Waals surface area contributed by atoms with E-state index >= 15 is 0 Å². The van der Waals surface area contributed by atoms with Gasteiger partial charge >= 0.3 is 0 Å². The molecule has 218 valence electrons. The maximum Gasteiger partial charge on any atom is 0.294 e. The summed E-state index contributed by atoms with van der Waals surface area (Å²) < 4.78 is 11.5. The summed E-state index contributed by atoms with van der Waals surface area (Å²) in [5.74, 6) is -0.341. The van der Waals surface area contributed by atoms with Crippen LogP contribution in [-0.2, 0) is 14.4 Å². The second kappa shape index (κ2) is 13.9. The number of nitrogens with one attached hydrogen (secondary N) is 2. The molecule has 4 amide bonds. The van der Waals surface area contributed by atoms with Crippen LogP contribution in [0.5, 0.6) is 11.5 Å². The Balaban J connectivity index is 1.40. The highest BCUT2D eigenvalue weighted by Crippen LogP contribution is 2.35. The van der Waals surface area contributed by atoms with Crippen LogP contribution in [0.25, 0.3) is 6.08 Å². The standard InChI is InChI=1S/C32H33N3O6S/c1-5-40-27-16-22(12-15-26(27)41-19-30(37)34-25-9-7-6-8-24(25)20(2)3)17-28-31(38)35(32(39)42-28)18-29(36)33-23-13-10-21(4)11-14-23/h6-17,20H,5,18-19H2,1-4H3,(H,33,36)(H,34,37)/b28-17+. The van der Waals surface area contributed by atoms with Crippen LogP contribution in [0, 0.1) is 6.92 Å². The number of ether oxygens (including phenoxy) is 2. The van der Waals surface area contributed by atoms with E-state index in [1.165, 1.54) is 0 Å². The van der Waals surface area contributed by atoms with E-state index in [2.05, 4.69) is 24.5 Å². The minimum absolute atomic E-state index is 0.183. The van der Waals surface area contributed by atoms with Gasteiger partial charge in [0.2, 0.25) is 5.91 Å². The Kier molecular flexibility index (Phi) is 10.0. The van der Waals surface area contributed by atoms with E-state index in [0.717, 1.165) is 33.5 Å². The van der Waals surface area contributed by atoms with E-state index in [-0.39, 0.29) is 23.3 Å². The van der Waals surface area contributed by atoms with Crippen LogP contribution in [0.1, 0.15) is 43.4 Å². The molecule has 1 aliphatic rings. The Morgan fingerprint density at radius 3 is 2.38 bits per heavy atom. The first-order valence-corrected chi connectivity index (χ1v) is 14.4. The van der Waals surface area contributed by atoms with Gasteiger partial charge in [0.25, 0.3) is 17.1 Å². The summed E-state index contributed by atoms with van der Waals surface area (Å²) >= 11 is 0.762. The van der Waals surface area contributed by atoms with Crippen LogP contribution >= 0.6 is 11.8 Å². The van der Waals surface area contributed by atoms with Crippen molar-refractivity contribution < 1.29 is 28.7 Å². The molecule has 9 nitrogen and oxygen atoms in total. The van der Waals surface area contributed by atoms with Crippen molar-refractivity contribution in [2.45, 2.75) is 33.6 Å². The highest BCUT2D eigenvalue weighted by atomic mass is 32.2. The summed E-state index contributed by atoms with van der Waals surface area (Å²) in [5.41, 5.74) is 3.99. The molecule has 1 saturated heterocycles. The van der Waals surface area contributed by atoms with Crippen molar-refractivity contribution in [3.8, 4) is 11.5 Å². The lowest BCUT2D eigenvalue weighted by atomic mass is 10.0. The van der Waals surface area contributed by atoms with Gasteiger partial charge in [0.1, 0.15) is 6.54 Å². The fraction of sp³-hybridized carbons (Fsp3) is 0.250. The molecular weight excluding hydrogens is 554 g/mol. The first-order chi connectivity index (χ1) is 20.1. The van der Waals surface area contributed by atoms with Crippen LogP contribution in [0.15, 0.2) is 71.6 Å². The lowest BCUT2D eigenvalue weighted by Gasteiger charge is -2.15. The van der Waals surface area contributed by atoms with Crippen LogP contribution in [0.4, 0.5) is 16.2 Å². The normalized spacial score (nSPS) is 13.9. The molecule has 0 radical (unpaired) electrons. The van der Waals surface area contributed by atoms with Crippen molar-refractivity contribution in [2.75, 3.05) is 30.4 Å². The monoisotopic (exact) mass is 587 g/mol. The summed E-state index contributed by atoms with van der Waals surface area (Å²) in [7, 11) is 0. The average Bonchev–Trinajstić information content (AvgIpc) is 3.21. The van der Waals surface area contributed by atoms with Gasteiger partial charge in [-0.15, -0.1) is 0 Å². The van der Waals surface area contributed by atoms with Crippen LogP contribution < -0.4 is 20.1 Å². The Morgan fingerprint density at radius 2 is 1.67 bits per heavy atom. The van der Waals surface area contributed by atoms with Gasteiger partial charge in [-0.05, 0) is 79.1 Å². The van der Waals surface area contributed by atoms with E-state index < -0.39 is 23.6 Å². The van der Waals surface area contributed by atoms with Crippen LogP contribution in [-0.4, -0.2) is 47.6 Å². The Hall–Kier alpha value is -4.57. The molecule has 1 aliphatic heterocycles. The highest BCUT2D eigenvalue weighted by molar-refractivity contribution is 8.18. The van der Waals surface area contributed by atoms with Crippen LogP contribution in [0.3, 0.4) is 0 Å². The Morgan fingerprint density at radius 1 is 0.929 bits per heavy atom. The number of carbonyl (C=O) groups excluding carboxylic acids is 4. The molecule has 0 aromatic heterocycles. The molecule has 0 saturated carbocycles. The number of hydrogen-bond acceptors (Lipinski definition) is 7. The summed E-state index contributed by atoms with van der Waals surface area (Å²) in [4.78, 5) is 51.7. The van der Waals surface area contributed by atoms with Gasteiger partial charge in [-0.25, -0.2) is 0 Å². The van der Waals surface area contributed by atoms with Gasteiger partial charge in [0.05, 0.1) is 11.5 Å². The average molecular weight is 588 g/mol. The fourth-order valence-corrected chi connectivity index (χ4v) is 5.05. The van der Waals surface area contributed by atoms with Crippen molar-refractivity contribution in [1.29, 1.82) is 0 Å². The minimum atomic E-state index is -0.555. The molecule has 3 aromatic rings. The molecule has 10 heteroatoms. The van der Waals surface area contributed by atoms with E-state index in [1.807, 2.05) is 50.2 Å². The quantitative estimate of drug-likeness (QED) is 0.256. The van der Waals surface area contributed by atoms with Gasteiger partial charge in [-0.1, -0.05) is 55.8 Å². The van der Waals surface area contributed by atoms with Gasteiger partial charge in [0, 0.05) is 11.4 Å². The molecule has 0 bridgehead atoms. The lowest BCUT2D eigenvalue weighted by Crippen LogP contribution is -2.36. The topological polar surface area (TPSA) is 114 Å². The molecule has 0 unspecified atom stereocenters. The number of para-hydroxylation sites is 1. The predicted molar refractivity (Wildman–Crippen MR) is 165 cm³/mol. The first-order valence-electron chi connectivity index (χ1n) is 13.5. The van der Waals surface area contributed by atoms with Gasteiger partial charge in [-0.2, -0.15) is 0 Å². The lowest BCUT2D eigenvalue weighted by molar-refractivity contribution is -0.127. The first kappa shape index (κ1) is 30.4. The zero-order chi connectivity index (χ0) is 30.2. The van der Waals surface area contributed by atoms with Crippen molar-refractivity contribution in [3.05, 3.63) is 88.3 Å². The predicted octanol–water partition coefficient (Wildman–Crippen LogP) is 6.21. The van der Waals surface area contributed by atoms with Crippen LogP contribution in [0.2, 0.25) is 0 Å². The minimum Gasteiger partial charge on any atom is -0.490 e. The number of imide groups is 1. The van der Waals surface area contributed by atoms with E-state index in [4.69, 9.17) is 9.47 Å². The van der Waals surface area contributed by atoms with E-state index in [9.17, 15) is 19.2 Å². The number of carbonyl (C=O) groups is 4. The second-order valence-electron chi connectivity index (χ2n) is 9.90. The molecular formula is C32H33N3O6S. The number of benzene rings is 3. The maximum absolute atomic E-state index is 13.0. The van der Waals surface area contributed by atoms with Gasteiger partial charge in [-0.3, -0.25) is 24.1 Å².